The summed E-state index contributed by atoms with van der Waals surface area (Å²) in [5, 5.41) is 12.9. The number of oxime groups is 1. The van der Waals surface area contributed by atoms with Crippen LogP contribution in [0.3, 0.4) is 0 Å². The van der Waals surface area contributed by atoms with Gasteiger partial charge in [-0.1, -0.05) is 29.4 Å². The van der Waals surface area contributed by atoms with Crippen LogP contribution in [0.25, 0.3) is 11.1 Å². The van der Waals surface area contributed by atoms with Crippen molar-refractivity contribution in [1.82, 2.24) is 15.0 Å². The molecule has 1 aliphatic rings. The van der Waals surface area contributed by atoms with E-state index in [0.717, 1.165) is 28.8 Å². The molecule has 2 aromatic heterocycles. The maximum Gasteiger partial charge on any atom is 0.220 e. The molecule has 3 N–H and O–H groups in total. The van der Waals surface area contributed by atoms with Crippen LogP contribution in [0.5, 0.6) is 0 Å². The van der Waals surface area contributed by atoms with Crippen molar-refractivity contribution in [2.45, 2.75) is 18.8 Å². The number of rotatable bonds is 2. The summed E-state index contributed by atoms with van der Waals surface area (Å²) < 4.78 is 0. The van der Waals surface area contributed by atoms with Gasteiger partial charge in [0.05, 0.1) is 11.4 Å². The number of hydrogen-bond acceptors (Lipinski definition) is 6. The second kappa shape index (κ2) is 6.32. The summed E-state index contributed by atoms with van der Waals surface area (Å²) >= 11 is 0. The highest BCUT2D eigenvalue weighted by Gasteiger charge is 2.28. The number of nitrogen functional groups attached to an aromatic ring is 1. The first kappa shape index (κ1) is 15.3. The first-order valence-corrected chi connectivity index (χ1v) is 8.08. The lowest BCUT2D eigenvalue weighted by atomic mass is 9.79. The van der Waals surface area contributed by atoms with E-state index in [1.165, 1.54) is 5.56 Å². The fraction of sp³-hybridized carbons (Fsp3) is 0.158. The van der Waals surface area contributed by atoms with Gasteiger partial charge in [-0.3, -0.25) is 4.98 Å². The minimum Gasteiger partial charge on any atom is -0.411 e. The van der Waals surface area contributed by atoms with Crippen LogP contribution < -0.4 is 5.73 Å². The highest BCUT2D eigenvalue weighted by molar-refractivity contribution is 6.02. The van der Waals surface area contributed by atoms with E-state index in [9.17, 15) is 5.21 Å². The summed E-state index contributed by atoms with van der Waals surface area (Å²) in [6, 6.07) is 12.3. The van der Waals surface area contributed by atoms with Crippen molar-refractivity contribution in [3.63, 3.8) is 0 Å². The van der Waals surface area contributed by atoms with E-state index in [2.05, 4.69) is 32.2 Å². The van der Waals surface area contributed by atoms with Crippen LogP contribution in [0.15, 0.2) is 60.1 Å². The van der Waals surface area contributed by atoms with Gasteiger partial charge in [-0.15, -0.1) is 0 Å². The molecule has 4 rings (SSSR count). The van der Waals surface area contributed by atoms with Crippen LogP contribution in [-0.2, 0) is 6.42 Å². The summed E-state index contributed by atoms with van der Waals surface area (Å²) in [6.07, 6.45) is 6.56. The molecular weight excluding hydrogens is 314 g/mol. The molecule has 0 aliphatic heterocycles. The molecule has 1 aliphatic carbocycles. The zero-order valence-corrected chi connectivity index (χ0v) is 13.5. The summed E-state index contributed by atoms with van der Waals surface area (Å²) in [5.41, 5.74) is 11.4. The van der Waals surface area contributed by atoms with Gasteiger partial charge in [-0.05, 0) is 41.2 Å². The van der Waals surface area contributed by atoms with Crippen molar-refractivity contribution in [1.29, 1.82) is 0 Å². The van der Waals surface area contributed by atoms with Crippen molar-refractivity contribution in [2.75, 3.05) is 5.73 Å². The lowest BCUT2D eigenvalue weighted by Crippen LogP contribution is -2.22. The van der Waals surface area contributed by atoms with E-state index < -0.39 is 0 Å². The van der Waals surface area contributed by atoms with Gasteiger partial charge in [-0.2, -0.15) is 0 Å². The average molecular weight is 331 g/mol. The van der Waals surface area contributed by atoms with Crippen LogP contribution in [0, 0.1) is 0 Å². The summed E-state index contributed by atoms with van der Waals surface area (Å²) in [4.78, 5) is 12.5. The molecule has 0 spiro atoms. The molecule has 1 aromatic carbocycles. The molecule has 0 amide bonds. The molecule has 2 heterocycles. The van der Waals surface area contributed by atoms with Crippen LogP contribution in [-0.4, -0.2) is 25.9 Å². The summed E-state index contributed by atoms with van der Waals surface area (Å²) in [6.45, 7) is 0. The monoisotopic (exact) mass is 331 g/mol. The Morgan fingerprint density at radius 3 is 2.64 bits per heavy atom. The van der Waals surface area contributed by atoms with Crippen LogP contribution in [0.2, 0.25) is 0 Å². The molecule has 1 unspecified atom stereocenters. The van der Waals surface area contributed by atoms with E-state index in [0.29, 0.717) is 12.1 Å². The van der Waals surface area contributed by atoms with E-state index in [-0.39, 0.29) is 11.9 Å². The Hall–Kier alpha value is -3.28. The average Bonchev–Trinajstić information content (AvgIpc) is 2.67. The number of aromatic nitrogens is 3. The van der Waals surface area contributed by atoms with Crippen molar-refractivity contribution in [3.8, 4) is 11.1 Å². The second-order valence-electron chi connectivity index (χ2n) is 6.06. The molecule has 0 fully saturated rings. The number of anilines is 1. The Kier molecular flexibility index (Phi) is 3.85. The van der Waals surface area contributed by atoms with Gasteiger partial charge in [0, 0.05) is 30.6 Å². The first-order valence-electron chi connectivity index (χ1n) is 8.08. The van der Waals surface area contributed by atoms with Crippen LogP contribution >= 0.6 is 0 Å². The van der Waals surface area contributed by atoms with Crippen molar-refractivity contribution in [3.05, 3.63) is 71.8 Å². The molecule has 124 valence electrons. The Morgan fingerprint density at radius 1 is 1.04 bits per heavy atom. The van der Waals surface area contributed by atoms with Gasteiger partial charge in [0.25, 0.3) is 0 Å². The Balaban J connectivity index is 1.79. The van der Waals surface area contributed by atoms with Crippen molar-refractivity contribution in [2.24, 2.45) is 5.16 Å². The van der Waals surface area contributed by atoms with E-state index in [1.807, 2.05) is 24.3 Å². The third-order valence-electron chi connectivity index (χ3n) is 4.59. The predicted octanol–water partition coefficient (Wildman–Crippen LogP) is 3.03. The minimum absolute atomic E-state index is 0.150. The third kappa shape index (κ3) is 2.82. The zero-order valence-electron chi connectivity index (χ0n) is 13.5. The number of benzene rings is 1. The molecule has 1 atom stereocenters. The predicted molar refractivity (Wildman–Crippen MR) is 95.5 cm³/mol. The highest BCUT2D eigenvalue weighted by Crippen LogP contribution is 2.37. The molecule has 3 aromatic rings. The van der Waals surface area contributed by atoms with E-state index in [1.54, 1.807) is 18.6 Å². The maximum atomic E-state index is 9.45. The number of pyridine rings is 1. The number of nitrogens with zero attached hydrogens (tertiary/aromatic N) is 4. The Labute approximate surface area is 145 Å². The van der Waals surface area contributed by atoms with Gasteiger partial charge in [0.1, 0.15) is 0 Å². The number of nitrogens with two attached hydrogens (primary N) is 1. The second-order valence-corrected chi connectivity index (χ2v) is 6.06. The molecular formula is C19H17N5O. The van der Waals surface area contributed by atoms with Gasteiger partial charge in [0.15, 0.2) is 0 Å². The zero-order chi connectivity index (χ0) is 17.2. The molecule has 0 bridgehead atoms. The van der Waals surface area contributed by atoms with E-state index in [4.69, 9.17) is 5.73 Å². The van der Waals surface area contributed by atoms with Gasteiger partial charge < -0.3 is 10.9 Å². The van der Waals surface area contributed by atoms with Crippen LogP contribution in [0.1, 0.15) is 29.2 Å². The highest BCUT2D eigenvalue weighted by atomic mass is 16.4. The van der Waals surface area contributed by atoms with Crippen molar-refractivity contribution >= 4 is 11.7 Å². The summed E-state index contributed by atoms with van der Waals surface area (Å²) in [5.74, 6) is 0.385. The molecule has 0 saturated carbocycles. The fourth-order valence-electron chi connectivity index (χ4n) is 3.44. The van der Waals surface area contributed by atoms with Crippen LogP contribution in [0.4, 0.5) is 5.95 Å². The lowest BCUT2D eigenvalue weighted by Gasteiger charge is -2.26. The smallest absolute Gasteiger partial charge is 0.220 e. The largest absolute Gasteiger partial charge is 0.411 e. The molecule has 6 heteroatoms. The lowest BCUT2D eigenvalue weighted by molar-refractivity contribution is 0.316. The Bertz CT molecular complexity index is 940. The van der Waals surface area contributed by atoms with Crippen molar-refractivity contribution < 1.29 is 5.21 Å². The topological polar surface area (TPSA) is 97.3 Å². The first-order chi connectivity index (χ1) is 12.3. The molecule has 6 nitrogen and oxygen atoms in total. The quantitative estimate of drug-likeness (QED) is 0.555. The molecule has 0 radical (unpaired) electrons. The molecule has 0 saturated heterocycles. The fourth-order valence-corrected chi connectivity index (χ4v) is 3.44. The maximum absolute atomic E-state index is 9.45. The van der Waals surface area contributed by atoms with Gasteiger partial charge in [-0.25, -0.2) is 9.97 Å². The number of fused-ring (bicyclic) bond motifs is 1. The SMILES string of the molecule is Nc1ncc2c(n1)CC(c1ccccc1-c1ccncc1)CC2=NO. The standard InChI is InChI=1S/C19H17N5O/c20-19-22-11-16-17(23-19)9-13(10-18(16)24-25)15-4-2-1-3-14(15)12-5-7-21-8-6-12/h1-8,11,13,25H,9-10H2,(H2,20,22,23). The normalized spacial score (nSPS) is 18.1. The molecule has 25 heavy (non-hydrogen) atoms. The van der Waals surface area contributed by atoms with Gasteiger partial charge >= 0.3 is 0 Å². The Morgan fingerprint density at radius 2 is 1.84 bits per heavy atom. The number of hydrogen-bond donors (Lipinski definition) is 2. The third-order valence-corrected chi connectivity index (χ3v) is 4.59. The van der Waals surface area contributed by atoms with Gasteiger partial charge in [0.2, 0.25) is 5.95 Å². The van der Waals surface area contributed by atoms with E-state index >= 15 is 0 Å². The summed E-state index contributed by atoms with van der Waals surface area (Å²) in [7, 11) is 0. The minimum atomic E-state index is 0.150.